The van der Waals surface area contributed by atoms with Crippen molar-refractivity contribution in [2.75, 3.05) is 19.8 Å². The zero-order valence-electron chi connectivity index (χ0n) is 10.1. The van der Waals surface area contributed by atoms with Gasteiger partial charge in [-0.1, -0.05) is 0 Å². The summed E-state index contributed by atoms with van der Waals surface area (Å²) in [6.45, 7) is 2.89. The summed E-state index contributed by atoms with van der Waals surface area (Å²) >= 11 is 4.97. The molecule has 0 bridgehead atoms. The van der Waals surface area contributed by atoms with E-state index < -0.39 is 0 Å². The zero-order chi connectivity index (χ0) is 13.1. The number of thiophene rings is 1. The van der Waals surface area contributed by atoms with Crippen molar-refractivity contribution in [1.82, 2.24) is 4.90 Å². The highest BCUT2D eigenvalue weighted by molar-refractivity contribution is 9.11. The van der Waals surface area contributed by atoms with Gasteiger partial charge < -0.3 is 14.7 Å². The number of halogens is 1. The topological polar surface area (TPSA) is 49.8 Å². The van der Waals surface area contributed by atoms with Crippen molar-refractivity contribution >= 4 is 33.2 Å². The maximum absolute atomic E-state index is 12.2. The van der Waals surface area contributed by atoms with Crippen molar-refractivity contribution < 1.29 is 14.6 Å². The molecule has 0 saturated carbocycles. The highest BCUT2D eigenvalue weighted by Crippen LogP contribution is 2.23. The lowest BCUT2D eigenvalue weighted by Gasteiger charge is -2.37. The number of nitrogens with zero attached hydrogens (tertiary/aromatic N) is 1. The monoisotopic (exact) mass is 333 g/mol. The van der Waals surface area contributed by atoms with E-state index in [-0.39, 0.29) is 24.7 Å². The average Bonchev–Trinajstić information content (AvgIpc) is 2.75. The van der Waals surface area contributed by atoms with E-state index in [0.29, 0.717) is 19.6 Å². The number of aliphatic hydroxyl groups excluding tert-OH is 1. The first-order chi connectivity index (χ1) is 8.60. The van der Waals surface area contributed by atoms with Crippen LogP contribution in [0.15, 0.2) is 15.9 Å². The molecule has 1 amide bonds. The summed E-state index contributed by atoms with van der Waals surface area (Å²) in [5.41, 5.74) is 0. The summed E-state index contributed by atoms with van der Waals surface area (Å²) in [6.07, 6.45) is 0.166. The van der Waals surface area contributed by atoms with Gasteiger partial charge in [0.1, 0.15) is 0 Å². The van der Waals surface area contributed by atoms with Crippen LogP contribution >= 0.6 is 27.3 Å². The van der Waals surface area contributed by atoms with Crippen LogP contribution in [0.3, 0.4) is 0 Å². The Morgan fingerprint density at radius 1 is 1.67 bits per heavy atom. The molecule has 2 heterocycles. The summed E-state index contributed by atoms with van der Waals surface area (Å²) in [6, 6.07) is 3.98. The standard InChI is InChI=1S/C12H16BrNO3S/c1-8-7-17-9(6-15)5-14(8)12(16)4-10-2-3-11(13)18-10/h2-3,8-9,15H,4-7H2,1H3. The lowest BCUT2D eigenvalue weighted by Crippen LogP contribution is -2.52. The second kappa shape index (κ2) is 6.14. The molecule has 1 saturated heterocycles. The van der Waals surface area contributed by atoms with Gasteiger partial charge in [-0.3, -0.25) is 4.79 Å². The van der Waals surface area contributed by atoms with Crippen LogP contribution in [0.1, 0.15) is 11.8 Å². The number of hydrogen-bond donors (Lipinski definition) is 1. The van der Waals surface area contributed by atoms with Gasteiger partial charge in [-0.15, -0.1) is 11.3 Å². The molecular formula is C12H16BrNO3S. The third kappa shape index (κ3) is 3.32. The number of aliphatic hydroxyl groups is 1. The summed E-state index contributed by atoms with van der Waals surface area (Å²) in [5.74, 6) is 0.0959. The molecule has 1 aromatic heterocycles. The molecule has 0 aliphatic carbocycles. The van der Waals surface area contributed by atoms with Crippen LogP contribution in [0.2, 0.25) is 0 Å². The van der Waals surface area contributed by atoms with Crippen molar-refractivity contribution in [3.8, 4) is 0 Å². The maximum atomic E-state index is 12.2. The van der Waals surface area contributed by atoms with Crippen molar-refractivity contribution in [3.05, 3.63) is 20.8 Å². The number of amides is 1. The molecular weight excluding hydrogens is 318 g/mol. The SMILES string of the molecule is CC1COC(CO)CN1C(=O)Cc1ccc(Br)s1. The highest BCUT2D eigenvalue weighted by atomic mass is 79.9. The quantitative estimate of drug-likeness (QED) is 0.915. The van der Waals surface area contributed by atoms with Crippen LogP contribution in [0.5, 0.6) is 0 Å². The van der Waals surface area contributed by atoms with E-state index in [2.05, 4.69) is 15.9 Å². The van der Waals surface area contributed by atoms with Gasteiger partial charge >= 0.3 is 0 Å². The molecule has 2 rings (SSSR count). The van der Waals surface area contributed by atoms with Gasteiger partial charge in [0.25, 0.3) is 0 Å². The lowest BCUT2D eigenvalue weighted by molar-refractivity contribution is -0.145. The Hall–Kier alpha value is -0.430. The van der Waals surface area contributed by atoms with Crippen LogP contribution in [-0.4, -0.2) is 47.8 Å². The number of morpholine rings is 1. The van der Waals surface area contributed by atoms with Crippen LogP contribution in [-0.2, 0) is 16.0 Å². The van der Waals surface area contributed by atoms with Crippen LogP contribution in [0, 0.1) is 0 Å². The van der Waals surface area contributed by atoms with Crippen LogP contribution in [0.4, 0.5) is 0 Å². The van der Waals surface area contributed by atoms with Gasteiger partial charge in [0.2, 0.25) is 5.91 Å². The first kappa shape index (κ1) is 14.0. The van der Waals surface area contributed by atoms with E-state index in [4.69, 9.17) is 9.84 Å². The number of ether oxygens (including phenoxy) is 1. The van der Waals surface area contributed by atoms with E-state index in [0.717, 1.165) is 8.66 Å². The number of rotatable bonds is 3. The van der Waals surface area contributed by atoms with Gasteiger partial charge in [0, 0.05) is 11.4 Å². The fourth-order valence-electron chi connectivity index (χ4n) is 1.97. The smallest absolute Gasteiger partial charge is 0.228 e. The minimum Gasteiger partial charge on any atom is -0.394 e. The number of carbonyl (C=O) groups is 1. The Kier molecular flexibility index (Phi) is 4.77. The van der Waals surface area contributed by atoms with Gasteiger partial charge in [0.15, 0.2) is 0 Å². The third-order valence-electron chi connectivity index (χ3n) is 2.98. The molecule has 1 aliphatic rings. The molecule has 1 aromatic rings. The number of carbonyl (C=O) groups excluding carboxylic acids is 1. The molecule has 1 fully saturated rings. The molecule has 4 nitrogen and oxygen atoms in total. The molecule has 1 aliphatic heterocycles. The highest BCUT2D eigenvalue weighted by Gasteiger charge is 2.29. The molecule has 0 radical (unpaired) electrons. The van der Waals surface area contributed by atoms with Crippen LogP contribution < -0.4 is 0 Å². The van der Waals surface area contributed by atoms with Crippen molar-refractivity contribution in [1.29, 1.82) is 0 Å². The minimum atomic E-state index is -0.250. The van der Waals surface area contributed by atoms with Crippen molar-refractivity contribution in [2.45, 2.75) is 25.5 Å². The van der Waals surface area contributed by atoms with E-state index in [1.165, 1.54) is 0 Å². The Labute approximate surface area is 119 Å². The van der Waals surface area contributed by atoms with E-state index in [1.807, 2.05) is 19.1 Å². The molecule has 100 valence electrons. The average molecular weight is 334 g/mol. The normalized spacial score (nSPS) is 24.3. The molecule has 0 aromatic carbocycles. The minimum absolute atomic E-state index is 0.0406. The Morgan fingerprint density at radius 2 is 2.44 bits per heavy atom. The van der Waals surface area contributed by atoms with Gasteiger partial charge in [0.05, 0.1) is 35.6 Å². The summed E-state index contributed by atoms with van der Waals surface area (Å²) in [7, 11) is 0. The van der Waals surface area contributed by atoms with Crippen molar-refractivity contribution in [3.63, 3.8) is 0 Å². The fourth-order valence-corrected chi connectivity index (χ4v) is 3.45. The first-order valence-electron chi connectivity index (χ1n) is 5.86. The molecule has 18 heavy (non-hydrogen) atoms. The predicted molar refractivity (Wildman–Crippen MR) is 73.7 cm³/mol. The largest absolute Gasteiger partial charge is 0.394 e. The Morgan fingerprint density at radius 3 is 3.06 bits per heavy atom. The van der Waals surface area contributed by atoms with E-state index in [9.17, 15) is 4.79 Å². The molecule has 1 N–H and O–H groups in total. The van der Waals surface area contributed by atoms with E-state index in [1.54, 1.807) is 16.2 Å². The Balaban J connectivity index is 1.98. The summed E-state index contributed by atoms with van der Waals surface area (Å²) < 4.78 is 6.46. The van der Waals surface area contributed by atoms with Gasteiger partial charge in [-0.2, -0.15) is 0 Å². The maximum Gasteiger partial charge on any atom is 0.228 e. The predicted octanol–water partition coefficient (Wildman–Crippen LogP) is 1.66. The first-order valence-corrected chi connectivity index (χ1v) is 7.47. The van der Waals surface area contributed by atoms with E-state index >= 15 is 0 Å². The van der Waals surface area contributed by atoms with Crippen molar-refractivity contribution in [2.24, 2.45) is 0 Å². The summed E-state index contributed by atoms with van der Waals surface area (Å²) in [4.78, 5) is 15.1. The number of hydrogen-bond acceptors (Lipinski definition) is 4. The van der Waals surface area contributed by atoms with Gasteiger partial charge in [-0.25, -0.2) is 0 Å². The van der Waals surface area contributed by atoms with Gasteiger partial charge in [-0.05, 0) is 35.0 Å². The lowest BCUT2D eigenvalue weighted by atomic mass is 10.1. The molecule has 6 heteroatoms. The zero-order valence-corrected chi connectivity index (χ0v) is 12.5. The summed E-state index contributed by atoms with van der Waals surface area (Å²) in [5, 5.41) is 9.10. The molecule has 2 atom stereocenters. The molecule has 0 spiro atoms. The Bertz CT molecular complexity index is 423. The third-order valence-corrected chi connectivity index (χ3v) is 4.61. The second-order valence-corrected chi connectivity index (χ2v) is 6.96. The fraction of sp³-hybridized carbons (Fsp3) is 0.583. The second-order valence-electron chi connectivity index (χ2n) is 4.42. The van der Waals surface area contributed by atoms with Crippen LogP contribution in [0.25, 0.3) is 0 Å². The molecule has 2 unspecified atom stereocenters.